The van der Waals surface area contributed by atoms with Gasteiger partial charge in [-0.2, -0.15) is 5.10 Å². The number of ether oxygens (including phenoxy) is 1. The van der Waals surface area contributed by atoms with Crippen LogP contribution in [0, 0.1) is 13.8 Å². The molecule has 0 saturated carbocycles. The Bertz CT molecular complexity index is 1060. The molecule has 0 spiro atoms. The second-order valence-corrected chi connectivity index (χ2v) is 6.47. The van der Waals surface area contributed by atoms with Gasteiger partial charge in [-0.15, -0.1) is 0 Å². The van der Waals surface area contributed by atoms with Crippen molar-refractivity contribution in [3.05, 3.63) is 70.0 Å². The summed E-state index contributed by atoms with van der Waals surface area (Å²) in [6, 6.07) is 11.2. The number of rotatable bonds is 4. The maximum atomic E-state index is 12.5. The van der Waals surface area contributed by atoms with Crippen LogP contribution in [0.25, 0.3) is 5.69 Å². The van der Waals surface area contributed by atoms with Gasteiger partial charge in [0, 0.05) is 5.56 Å². The molecule has 2 aromatic carbocycles. The van der Waals surface area contributed by atoms with Gasteiger partial charge in [0.1, 0.15) is 5.56 Å². The molecule has 1 aromatic heterocycles. The van der Waals surface area contributed by atoms with Crippen molar-refractivity contribution in [1.29, 1.82) is 0 Å². The molecule has 0 aliphatic carbocycles. The second kappa shape index (κ2) is 7.74. The van der Waals surface area contributed by atoms with Crippen LogP contribution in [-0.2, 0) is 4.74 Å². The predicted molar refractivity (Wildman–Crippen MR) is 105 cm³/mol. The lowest BCUT2D eigenvalue weighted by atomic mass is 10.1. The Labute approximate surface area is 166 Å². The third kappa shape index (κ3) is 3.57. The summed E-state index contributed by atoms with van der Waals surface area (Å²) in [5.74, 6) is -1.48. The first-order valence-electron chi connectivity index (χ1n) is 8.37. The summed E-state index contributed by atoms with van der Waals surface area (Å²) in [6.45, 7) is 3.68. The summed E-state index contributed by atoms with van der Waals surface area (Å²) in [7, 11) is 1.21. The van der Waals surface area contributed by atoms with E-state index in [1.165, 1.54) is 25.3 Å². The lowest BCUT2D eigenvalue weighted by molar-refractivity contribution is 0.0597. The number of methoxy groups -OCH3 is 1. The van der Waals surface area contributed by atoms with Crippen molar-refractivity contribution in [2.24, 2.45) is 0 Å². The minimum atomic E-state index is -0.693. The minimum Gasteiger partial charge on any atom is -0.505 e. The highest BCUT2D eigenvalue weighted by Crippen LogP contribution is 2.28. The van der Waals surface area contributed by atoms with Crippen LogP contribution in [0.3, 0.4) is 0 Å². The zero-order valence-electron chi connectivity index (χ0n) is 15.5. The minimum absolute atomic E-state index is 0.0305. The lowest BCUT2D eigenvalue weighted by Gasteiger charge is -2.10. The molecule has 0 bridgehead atoms. The highest BCUT2D eigenvalue weighted by atomic mass is 35.5. The van der Waals surface area contributed by atoms with E-state index in [0.29, 0.717) is 10.6 Å². The van der Waals surface area contributed by atoms with Crippen molar-refractivity contribution in [3.63, 3.8) is 0 Å². The number of hydrogen-bond donors (Lipinski definition) is 2. The van der Waals surface area contributed by atoms with Gasteiger partial charge in [0.25, 0.3) is 5.91 Å². The molecule has 8 heteroatoms. The number of benzene rings is 2. The first-order valence-corrected chi connectivity index (χ1v) is 8.75. The normalized spacial score (nSPS) is 10.6. The van der Waals surface area contributed by atoms with Gasteiger partial charge in [-0.05, 0) is 50.2 Å². The molecule has 0 unspecified atom stereocenters. The summed E-state index contributed by atoms with van der Waals surface area (Å²) in [5.41, 5.74) is 2.75. The number of esters is 1. The number of para-hydroxylation sites is 1. The molecule has 0 fully saturated rings. The molecule has 2 N–H and O–H groups in total. The second-order valence-electron chi connectivity index (χ2n) is 6.09. The fraction of sp³-hybridized carbons (Fsp3) is 0.150. The molecule has 1 amide bonds. The van der Waals surface area contributed by atoms with E-state index in [1.54, 1.807) is 28.9 Å². The van der Waals surface area contributed by atoms with Crippen LogP contribution in [0.15, 0.2) is 42.5 Å². The Morgan fingerprint density at radius 2 is 1.82 bits per heavy atom. The third-order valence-corrected chi connectivity index (χ3v) is 4.81. The van der Waals surface area contributed by atoms with Gasteiger partial charge in [0.2, 0.25) is 0 Å². The fourth-order valence-corrected chi connectivity index (χ4v) is 2.86. The Kier molecular flexibility index (Phi) is 5.37. The van der Waals surface area contributed by atoms with E-state index in [2.05, 4.69) is 15.2 Å². The molecule has 0 aliphatic rings. The van der Waals surface area contributed by atoms with E-state index in [9.17, 15) is 14.7 Å². The Morgan fingerprint density at radius 3 is 2.39 bits per heavy atom. The third-order valence-electron chi connectivity index (χ3n) is 4.27. The SMILES string of the molecule is COC(=O)c1cccc(NC(=O)c2ccc(-n3nc(C)c(Cl)c3C)cc2)c1O. The van der Waals surface area contributed by atoms with Gasteiger partial charge < -0.3 is 15.2 Å². The highest BCUT2D eigenvalue weighted by molar-refractivity contribution is 6.31. The van der Waals surface area contributed by atoms with Gasteiger partial charge >= 0.3 is 5.97 Å². The zero-order valence-corrected chi connectivity index (χ0v) is 16.2. The van der Waals surface area contributed by atoms with Crippen molar-refractivity contribution in [2.45, 2.75) is 13.8 Å². The van der Waals surface area contributed by atoms with Crippen molar-refractivity contribution in [2.75, 3.05) is 12.4 Å². The molecule has 0 atom stereocenters. The zero-order chi connectivity index (χ0) is 20.4. The number of hydrogen-bond acceptors (Lipinski definition) is 5. The number of aromatic hydroxyl groups is 1. The van der Waals surface area contributed by atoms with Crippen LogP contribution < -0.4 is 5.32 Å². The number of aryl methyl sites for hydroxylation is 1. The molecule has 28 heavy (non-hydrogen) atoms. The summed E-state index contributed by atoms with van der Waals surface area (Å²) in [6.07, 6.45) is 0. The van der Waals surface area contributed by atoms with E-state index in [4.69, 9.17) is 11.6 Å². The fourth-order valence-electron chi connectivity index (χ4n) is 2.74. The molecular formula is C20H18ClN3O4. The Balaban J connectivity index is 1.83. The maximum Gasteiger partial charge on any atom is 0.341 e. The van der Waals surface area contributed by atoms with Gasteiger partial charge in [-0.1, -0.05) is 17.7 Å². The van der Waals surface area contributed by atoms with Gasteiger partial charge in [-0.25, -0.2) is 9.48 Å². The van der Waals surface area contributed by atoms with Crippen LogP contribution in [-0.4, -0.2) is 33.9 Å². The van der Waals surface area contributed by atoms with Gasteiger partial charge in [0.15, 0.2) is 5.75 Å². The van der Waals surface area contributed by atoms with Crippen LogP contribution in [0.5, 0.6) is 5.75 Å². The summed E-state index contributed by atoms with van der Waals surface area (Å²) in [5, 5.41) is 17.8. The number of phenolic OH excluding ortho intramolecular Hbond substituents is 1. The number of anilines is 1. The first-order chi connectivity index (χ1) is 13.3. The number of nitrogens with one attached hydrogen (secondary N) is 1. The van der Waals surface area contributed by atoms with E-state index in [0.717, 1.165) is 17.1 Å². The topological polar surface area (TPSA) is 93.5 Å². The average molecular weight is 400 g/mol. The quantitative estimate of drug-likeness (QED) is 0.512. The van der Waals surface area contributed by atoms with Crippen LogP contribution in [0.2, 0.25) is 5.02 Å². The maximum absolute atomic E-state index is 12.5. The first kappa shape index (κ1) is 19.4. The smallest absolute Gasteiger partial charge is 0.341 e. The predicted octanol–water partition coefficient (Wildman–Crippen LogP) is 3.89. The van der Waals surface area contributed by atoms with E-state index >= 15 is 0 Å². The van der Waals surface area contributed by atoms with Crippen LogP contribution >= 0.6 is 11.6 Å². The molecule has 3 rings (SSSR count). The van der Waals surface area contributed by atoms with Crippen molar-refractivity contribution < 1.29 is 19.4 Å². The standard InChI is InChI=1S/C20H18ClN3O4/c1-11-17(21)12(2)24(23-11)14-9-7-13(8-10-14)19(26)22-16-6-4-5-15(18(16)25)20(27)28-3/h4-10,25H,1-3H3,(H,22,26). The largest absolute Gasteiger partial charge is 0.505 e. The van der Waals surface area contributed by atoms with Gasteiger partial charge in [0.05, 0.1) is 34.9 Å². The number of nitrogens with zero attached hydrogens (tertiary/aromatic N) is 2. The number of amides is 1. The molecule has 144 valence electrons. The number of halogens is 1. The number of carbonyl (C=O) groups excluding carboxylic acids is 2. The van der Waals surface area contributed by atoms with Gasteiger partial charge in [-0.3, -0.25) is 4.79 Å². The van der Waals surface area contributed by atoms with Crippen molar-refractivity contribution in [1.82, 2.24) is 9.78 Å². The van der Waals surface area contributed by atoms with E-state index in [1.807, 2.05) is 13.8 Å². The summed E-state index contributed by atoms with van der Waals surface area (Å²) >= 11 is 6.18. The van der Waals surface area contributed by atoms with Crippen molar-refractivity contribution in [3.8, 4) is 11.4 Å². The summed E-state index contributed by atoms with van der Waals surface area (Å²) in [4.78, 5) is 24.2. The monoisotopic (exact) mass is 399 g/mol. The van der Waals surface area contributed by atoms with E-state index < -0.39 is 11.9 Å². The lowest BCUT2D eigenvalue weighted by Crippen LogP contribution is -2.13. The molecule has 0 aliphatic heterocycles. The Hall–Kier alpha value is -3.32. The number of carbonyl (C=O) groups is 2. The average Bonchev–Trinajstić information content (AvgIpc) is 2.96. The number of aromatic nitrogens is 2. The molecular weight excluding hydrogens is 382 g/mol. The summed E-state index contributed by atoms with van der Waals surface area (Å²) < 4.78 is 6.31. The molecule has 7 nitrogen and oxygen atoms in total. The van der Waals surface area contributed by atoms with Crippen molar-refractivity contribution >= 4 is 29.2 Å². The number of phenols is 1. The molecule has 3 aromatic rings. The van der Waals surface area contributed by atoms with E-state index in [-0.39, 0.29) is 17.0 Å². The Morgan fingerprint density at radius 1 is 1.14 bits per heavy atom. The highest BCUT2D eigenvalue weighted by Gasteiger charge is 2.17. The molecule has 0 radical (unpaired) electrons. The van der Waals surface area contributed by atoms with Crippen LogP contribution in [0.4, 0.5) is 5.69 Å². The molecule has 0 saturated heterocycles. The molecule has 1 heterocycles. The van der Waals surface area contributed by atoms with Crippen LogP contribution in [0.1, 0.15) is 32.1 Å².